The second kappa shape index (κ2) is 13.3. The summed E-state index contributed by atoms with van der Waals surface area (Å²) in [5.74, 6) is 0.621. The van der Waals surface area contributed by atoms with Gasteiger partial charge in [0.2, 0.25) is 5.91 Å². The van der Waals surface area contributed by atoms with Crippen molar-refractivity contribution in [1.29, 1.82) is 0 Å². The van der Waals surface area contributed by atoms with E-state index < -0.39 is 6.10 Å². The standard InChI is InChI=1S/C28H36N6O6/c1-16(36)27(37)33-20-7-5-19(6-8-20)26-14-22(34-40-26)21-13-24(32-17(2)31-21)28(38)30-15-18-4-9-25(39-11-10-35)23(12-18)29-3/h4,9-10,12-13,16,19-20,26,29,36H,5-8,11,14-15H2,1-3H3,(H,30,38)(H,33,37). The number of oxime groups is 1. The molecule has 2 aliphatic rings. The number of nitrogens with one attached hydrogen (secondary N) is 3. The third-order valence-corrected chi connectivity index (χ3v) is 7.16. The number of rotatable bonds is 11. The SMILES string of the molecule is CNc1cc(CNC(=O)c2cc(C3=NOC(C4CCC(NC(=O)C(C)O)CC4)C3)nc(C)n2)ccc1OCC=O. The van der Waals surface area contributed by atoms with Gasteiger partial charge in [0.1, 0.15) is 41.8 Å². The number of ether oxygens (including phenoxy) is 1. The molecule has 1 aliphatic carbocycles. The summed E-state index contributed by atoms with van der Waals surface area (Å²) in [6.07, 6.45) is 3.57. The second-order valence-electron chi connectivity index (χ2n) is 10.1. The summed E-state index contributed by atoms with van der Waals surface area (Å²) in [6.45, 7) is 3.42. The van der Waals surface area contributed by atoms with Gasteiger partial charge in [-0.2, -0.15) is 0 Å². The summed E-state index contributed by atoms with van der Waals surface area (Å²) in [4.78, 5) is 49.9. The lowest BCUT2D eigenvalue weighted by atomic mass is 9.81. The van der Waals surface area contributed by atoms with E-state index in [1.54, 1.807) is 26.1 Å². The molecule has 4 N–H and O–H groups in total. The molecule has 0 bridgehead atoms. The first kappa shape index (κ1) is 28.9. The first-order chi connectivity index (χ1) is 19.3. The Kier molecular flexibility index (Phi) is 9.65. The maximum atomic E-state index is 13.0. The van der Waals surface area contributed by atoms with Crippen LogP contribution in [0.3, 0.4) is 0 Å². The summed E-state index contributed by atoms with van der Waals surface area (Å²) in [5, 5.41) is 22.5. The van der Waals surface area contributed by atoms with Crippen LogP contribution in [-0.4, -0.2) is 70.8 Å². The molecule has 214 valence electrons. The Morgan fingerprint density at radius 1 is 1.20 bits per heavy atom. The molecule has 12 heteroatoms. The number of carbonyl (C=O) groups excluding carboxylic acids is 3. The minimum atomic E-state index is -1.01. The average Bonchev–Trinajstić information content (AvgIpc) is 3.45. The molecule has 2 unspecified atom stereocenters. The highest BCUT2D eigenvalue weighted by Crippen LogP contribution is 2.33. The molecule has 2 atom stereocenters. The second-order valence-corrected chi connectivity index (χ2v) is 10.1. The van der Waals surface area contributed by atoms with Crippen molar-refractivity contribution in [3.05, 3.63) is 47.0 Å². The van der Waals surface area contributed by atoms with Gasteiger partial charge in [0, 0.05) is 26.1 Å². The summed E-state index contributed by atoms with van der Waals surface area (Å²) >= 11 is 0. The van der Waals surface area contributed by atoms with E-state index in [0.717, 1.165) is 31.2 Å². The smallest absolute Gasteiger partial charge is 0.270 e. The summed E-state index contributed by atoms with van der Waals surface area (Å²) < 4.78 is 5.39. The first-order valence-electron chi connectivity index (χ1n) is 13.5. The van der Waals surface area contributed by atoms with Crippen molar-refractivity contribution in [3.63, 3.8) is 0 Å². The summed E-state index contributed by atoms with van der Waals surface area (Å²) in [7, 11) is 1.75. The van der Waals surface area contributed by atoms with E-state index in [1.165, 1.54) is 6.92 Å². The number of nitrogens with zero attached hydrogens (tertiary/aromatic N) is 3. The molecule has 1 aromatic heterocycles. The Labute approximate surface area is 232 Å². The Bertz CT molecular complexity index is 1260. The number of carbonyl (C=O) groups is 3. The molecule has 0 spiro atoms. The summed E-state index contributed by atoms with van der Waals surface area (Å²) in [6, 6.07) is 7.10. The van der Waals surface area contributed by atoms with E-state index in [-0.39, 0.29) is 42.8 Å². The van der Waals surface area contributed by atoms with Gasteiger partial charge in [-0.05, 0) is 69.2 Å². The highest BCUT2D eigenvalue weighted by atomic mass is 16.6. The Morgan fingerprint density at radius 2 is 1.98 bits per heavy atom. The van der Waals surface area contributed by atoms with Gasteiger partial charge in [0.15, 0.2) is 6.29 Å². The maximum Gasteiger partial charge on any atom is 0.270 e. The van der Waals surface area contributed by atoms with E-state index in [0.29, 0.717) is 47.3 Å². The predicted molar refractivity (Wildman–Crippen MR) is 147 cm³/mol. The van der Waals surface area contributed by atoms with Crippen molar-refractivity contribution in [3.8, 4) is 5.75 Å². The third kappa shape index (κ3) is 7.32. The number of aldehydes is 1. The number of aliphatic hydroxyl groups is 1. The van der Waals surface area contributed by atoms with E-state index in [4.69, 9.17) is 9.57 Å². The number of amides is 2. The van der Waals surface area contributed by atoms with E-state index in [9.17, 15) is 19.5 Å². The van der Waals surface area contributed by atoms with Crippen LogP contribution in [0.5, 0.6) is 5.75 Å². The molecule has 0 saturated heterocycles. The monoisotopic (exact) mass is 552 g/mol. The minimum Gasteiger partial charge on any atom is -0.484 e. The van der Waals surface area contributed by atoms with Crippen LogP contribution in [-0.2, 0) is 21.0 Å². The molecule has 40 heavy (non-hydrogen) atoms. The van der Waals surface area contributed by atoms with E-state index in [1.807, 2.05) is 12.1 Å². The van der Waals surface area contributed by atoms with Gasteiger partial charge in [-0.1, -0.05) is 11.2 Å². The lowest BCUT2D eigenvalue weighted by Gasteiger charge is -2.31. The number of benzene rings is 1. The molecule has 2 heterocycles. The molecule has 1 aromatic carbocycles. The molecule has 2 amide bonds. The summed E-state index contributed by atoms with van der Waals surface area (Å²) in [5.41, 5.74) is 3.04. The van der Waals surface area contributed by atoms with Gasteiger partial charge in [0.05, 0.1) is 11.4 Å². The van der Waals surface area contributed by atoms with Gasteiger partial charge in [-0.25, -0.2) is 9.97 Å². The zero-order valence-electron chi connectivity index (χ0n) is 23.0. The van der Waals surface area contributed by atoms with Gasteiger partial charge >= 0.3 is 0 Å². The van der Waals surface area contributed by atoms with Crippen LogP contribution in [0.2, 0.25) is 0 Å². The van der Waals surface area contributed by atoms with Crippen molar-refractivity contribution in [2.24, 2.45) is 11.1 Å². The lowest BCUT2D eigenvalue weighted by molar-refractivity contribution is -0.129. The van der Waals surface area contributed by atoms with Gasteiger partial charge < -0.3 is 30.6 Å². The molecular formula is C28H36N6O6. The van der Waals surface area contributed by atoms with Crippen LogP contribution in [0.15, 0.2) is 29.4 Å². The van der Waals surface area contributed by atoms with Crippen molar-refractivity contribution in [2.75, 3.05) is 19.0 Å². The number of aryl methyl sites for hydroxylation is 1. The third-order valence-electron chi connectivity index (χ3n) is 7.16. The average molecular weight is 553 g/mol. The van der Waals surface area contributed by atoms with Crippen LogP contribution >= 0.6 is 0 Å². The number of aliphatic hydroxyl groups excluding tert-OH is 1. The number of hydrogen-bond donors (Lipinski definition) is 4. The molecule has 1 fully saturated rings. The fourth-order valence-corrected chi connectivity index (χ4v) is 4.99. The Hall–Kier alpha value is -4.06. The molecule has 2 aromatic rings. The molecule has 1 aliphatic heterocycles. The topological polar surface area (TPSA) is 164 Å². The zero-order chi connectivity index (χ0) is 28.6. The fraction of sp³-hybridized carbons (Fsp3) is 0.500. The van der Waals surface area contributed by atoms with Gasteiger partial charge in [-0.3, -0.25) is 14.4 Å². The lowest BCUT2D eigenvalue weighted by Crippen LogP contribution is -2.43. The molecular weight excluding hydrogens is 516 g/mol. The fourth-order valence-electron chi connectivity index (χ4n) is 4.99. The van der Waals surface area contributed by atoms with E-state index >= 15 is 0 Å². The first-order valence-corrected chi connectivity index (χ1v) is 13.5. The number of hydrogen-bond acceptors (Lipinski definition) is 10. The Morgan fingerprint density at radius 3 is 2.67 bits per heavy atom. The van der Waals surface area contributed by atoms with Crippen LogP contribution in [0.4, 0.5) is 5.69 Å². The number of anilines is 1. The molecule has 4 rings (SSSR count). The zero-order valence-corrected chi connectivity index (χ0v) is 23.0. The quantitative estimate of drug-likeness (QED) is 0.305. The Balaban J connectivity index is 1.33. The number of aromatic nitrogens is 2. The van der Waals surface area contributed by atoms with Gasteiger partial charge in [-0.15, -0.1) is 0 Å². The normalized spacial score (nSPS) is 21.0. The highest BCUT2D eigenvalue weighted by Gasteiger charge is 2.34. The van der Waals surface area contributed by atoms with Crippen molar-refractivity contribution < 1.29 is 29.1 Å². The van der Waals surface area contributed by atoms with Crippen LogP contribution in [0.1, 0.15) is 66.6 Å². The van der Waals surface area contributed by atoms with Crippen LogP contribution in [0.25, 0.3) is 0 Å². The van der Waals surface area contributed by atoms with Crippen LogP contribution < -0.4 is 20.7 Å². The maximum absolute atomic E-state index is 13.0. The highest BCUT2D eigenvalue weighted by molar-refractivity contribution is 6.02. The van der Waals surface area contributed by atoms with Crippen molar-refractivity contribution >= 4 is 29.5 Å². The molecule has 0 radical (unpaired) electrons. The van der Waals surface area contributed by atoms with Crippen LogP contribution in [0, 0.1) is 12.8 Å². The molecule has 1 saturated carbocycles. The molecule has 12 nitrogen and oxygen atoms in total. The largest absolute Gasteiger partial charge is 0.484 e. The minimum absolute atomic E-state index is 0.0389. The van der Waals surface area contributed by atoms with E-state index in [2.05, 4.69) is 31.1 Å². The van der Waals surface area contributed by atoms with Crippen molar-refractivity contribution in [1.82, 2.24) is 20.6 Å². The predicted octanol–water partition coefficient (Wildman–Crippen LogP) is 1.88. The van der Waals surface area contributed by atoms with Crippen molar-refractivity contribution in [2.45, 2.75) is 70.7 Å². The van der Waals surface area contributed by atoms with Gasteiger partial charge in [0.25, 0.3) is 5.91 Å².